The summed E-state index contributed by atoms with van der Waals surface area (Å²) >= 11 is 0. The summed E-state index contributed by atoms with van der Waals surface area (Å²) in [5, 5.41) is 3.58. The minimum absolute atomic E-state index is 0.215. The number of hydrogen-bond donors (Lipinski definition) is 1. The number of fused-ring (bicyclic) bond motifs is 1. The Bertz CT molecular complexity index is 508. The minimum Gasteiger partial charge on any atom is -0.312 e. The fourth-order valence-electron chi connectivity index (χ4n) is 3.02. The molecule has 1 aliphatic heterocycles. The van der Waals surface area contributed by atoms with Gasteiger partial charge >= 0.3 is 0 Å². The maximum Gasteiger partial charge on any atom is 0.237 e. The van der Waals surface area contributed by atoms with Gasteiger partial charge in [-0.1, -0.05) is 39.0 Å². The Balaban J connectivity index is 2.25. The van der Waals surface area contributed by atoms with Crippen LogP contribution in [-0.4, -0.2) is 25.0 Å². The number of rotatable bonds is 6. The second kappa shape index (κ2) is 6.18. The number of carbonyl (C=O) groups is 1. The Labute approximate surface area is 128 Å². The SMILES string of the molecule is CCCNC(CN1C(=O)C(C)(C)c2ccccc21)C(C)C. The van der Waals surface area contributed by atoms with Gasteiger partial charge in [0.1, 0.15) is 0 Å². The van der Waals surface area contributed by atoms with Gasteiger partial charge in [-0.2, -0.15) is 0 Å². The van der Waals surface area contributed by atoms with Crippen molar-refractivity contribution in [1.82, 2.24) is 5.32 Å². The standard InChI is InChI=1S/C18H28N2O/c1-6-11-19-15(13(2)3)12-20-16-10-8-7-9-14(16)18(4,5)17(20)21/h7-10,13,15,19H,6,11-12H2,1-5H3. The molecule has 1 atom stereocenters. The fourth-order valence-corrected chi connectivity index (χ4v) is 3.02. The maximum absolute atomic E-state index is 12.8. The van der Waals surface area contributed by atoms with Crippen LogP contribution in [0.25, 0.3) is 0 Å². The molecule has 116 valence electrons. The molecule has 3 heteroatoms. The molecular weight excluding hydrogens is 260 g/mol. The molecule has 1 aromatic rings. The molecule has 1 unspecified atom stereocenters. The third kappa shape index (κ3) is 2.98. The average molecular weight is 288 g/mol. The lowest BCUT2D eigenvalue weighted by atomic mass is 9.86. The van der Waals surface area contributed by atoms with Crippen LogP contribution in [0.4, 0.5) is 5.69 Å². The number of amides is 1. The quantitative estimate of drug-likeness (QED) is 0.871. The highest BCUT2D eigenvalue weighted by molar-refractivity contribution is 6.07. The van der Waals surface area contributed by atoms with Crippen molar-refractivity contribution in [1.29, 1.82) is 0 Å². The van der Waals surface area contributed by atoms with E-state index >= 15 is 0 Å². The summed E-state index contributed by atoms with van der Waals surface area (Å²) in [5.41, 5.74) is 1.81. The summed E-state index contributed by atoms with van der Waals surface area (Å²) in [6.45, 7) is 12.4. The molecule has 0 bridgehead atoms. The van der Waals surface area contributed by atoms with Crippen molar-refractivity contribution in [3.63, 3.8) is 0 Å². The molecule has 21 heavy (non-hydrogen) atoms. The van der Waals surface area contributed by atoms with E-state index in [0.717, 1.165) is 30.8 Å². The van der Waals surface area contributed by atoms with Crippen LogP contribution in [0.5, 0.6) is 0 Å². The predicted octanol–water partition coefficient (Wildman–Crippen LogP) is 3.34. The molecule has 0 aromatic heterocycles. The highest BCUT2D eigenvalue weighted by atomic mass is 16.2. The molecule has 0 spiro atoms. The molecule has 1 N–H and O–H groups in total. The van der Waals surface area contributed by atoms with Gasteiger partial charge in [0, 0.05) is 18.3 Å². The van der Waals surface area contributed by atoms with Crippen LogP contribution in [0.1, 0.15) is 46.6 Å². The van der Waals surface area contributed by atoms with Crippen LogP contribution in [0.15, 0.2) is 24.3 Å². The van der Waals surface area contributed by atoms with Crippen molar-refractivity contribution < 1.29 is 4.79 Å². The van der Waals surface area contributed by atoms with E-state index in [2.05, 4.69) is 38.2 Å². The molecular formula is C18H28N2O. The van der Waals surface area contributed by atoms with E-state index in [1.807, 2.05) is 30.9 Å². The van der Waals surface area contributed by atoms with Crippen LogP contribution >= 0.6 is 0 Å². The lowest BCUT2D eigenvalue weighted by molar-refractivity contribution is -0.122. The molecule has 1 amide bonds. The van der Waals surface area contributed by atoms with Crippen LogP contribution in [-0.2, 0) is 10.2 Å². The Morgan fingerprint density at radius 2 is 1.90 bits per heavy atom. The number of hydrogen-bond acceptors (Lipinski definition) is 2. The van der Waals surface area contributed by atoms with E-state index < -0.39 is 5.41 Å². The van der Waals surface area contributed by atoms with Crippen LogP contribution in [0, 0.1) is 5.92 Å². The second-order valence-electron chi connectivity index (χ2n) is 6.86. The van der Waals surface area contributed by atoms with Crippen LogP contribution < -0.4 is 10.2 Å². The Morgan fingerprint density at radius 3 is 2.52 bits per heavy atom. The van der Waals surface area contributed by atoms with Gasteiger partial charge in [-0.05, 0) is 44.4 Å². The van der Waals surface area contributed by atoms with Gasteiger partial charge in [-0.3, -0.25) is 4.79 Å². The van der Waals surface area contributed by atoms with Gasteiger partial charge in [0.25, 0.3) is 0 Å². The van der Waals surface area contributed by atoms with Gasteiger partial charge in [0.05, 0.1) is 5.41 Å². The summed E-state index contributed by atoms with van der Waals surface area (Å²) in [6, 6.07) is 8.52. The molecule has 0 saturated heterocycles. The van der Waals surface area contributed by atoms with Gasteiger partial charge in [0.2, 0.25) is 5.91 Å². The first kappa shape index (κ1) is 16.0. The molecule has 0 radical (unpaired) electrons. The number of anilines is 1. The van der Waals surface area contributed by atoms with Crippen molar-refractivity contribution in [3.05, 3.63) is 29.8 Å². The smallest absolute Gasteiger partial charge is 0.237 e. The van der Waals surface area contributed by atoms with Gasteiger partial charge in [-0.25, -0.2) is 0 Å². The number of benzene rings is 1. The van der Waals surface area contributed by atoms with E-state index in [4.69, 9.17) is 0 Å². The lowest BCUT2D eigenvalue weighted by Gasteiger charge is -2.29. The van der Waals surface area contributed by atoms with E-state index in [1.165, 1.54) is 0 Å². The summed E-state index contributed by atoms with van der Waals surface area (Å²) < 4.78 is 0. The van der Waals surface area contributed by atoms with Crippen molar-refractivity contribution in [2.75, 3.05) is 18.0 Å². The molecule has 3 nitrogen and oxygen atoms in total. The van der Waals surface area contributed by atoms with Crippen molar-refractivity contribution in [2.45, 2.75) is 52.5 Å². The monoisotopic (exact) mass is 288 g/mol. The van der Waals surface area contributed by atoms with E-state index in [0.29, 0.717) is 12.0 Å². The molecule has 1 aromatic carbocycles. The summed E-state index contributed by atoms with van der Waals surface area (Å²) in [7, 11) is 0. The Kier molecular flexibility index (Phi) is 4.72. The van der Waals surface area contributed by atoms with E-state index in [-0.39, 0.29) is 5.91 Å². The number of nitrogens with zero attached hydrogens (tertiary/aromatic N) is 1. The molecule has 1 heterocycles. The number of carbonyl (C=O) groups excluding carboxylic acids is 1. The maximum atomic E-state index is 12.8. The van der Waals surface area contributed by atoms with Gasteiger partial charge in [0.15, 0.2) is 0 Å². The summed E-state index contributed by atoms with van der Waals surface area (Å²) in [6.07, 6.45) is 1.11. The zero-order valence-electron chi connectivity index (χ0n) is 13.9. The molecule has 2 rings (SSSR count). The van der Waals surface area contributed by atoms with Gasteiger partial charge < -0.3 is 10.2 Å². The average Bonchev–Trinajstić information content (AvgIpc) is 2.64. The van der Waals surface area contributed by atoms with E-state index in [1.54, 1.807) is 0 Å². The fraction of sp³-hybridized carbons (Fsp3) is 0.611. The third-order valence-corrected chi connectivity index (χ3v) is 4.49. The first-order valence-electron chi connectivity index (χ1n) is 8.04. The van der Waals surface area contributed by atoms with Crippen molar-refractivity contribution in [2.24, 2.45) is 5.92 Å². The van der Waals surface area contributed by atoms with Crippen molar-refractivity contribution in [3.8, 4) is 0 Å². The van der Waals surface area contributed by atoms with Crippen molar-refractivity contribution >= 4 is 11.6 Å². The Hall–Kier alpha value is -1.35. The molecule has 0 saturated carbocycles. The first-order chi connectivity index (χ1) is 9.89. The zero-order valence-corrected chi connectivity index (χ0v) is 13.9. The lowest BCUT2D eigenvalue weighted by Crippen LogP contribution is -2.47. The number of nitrogens with one attached hydrogen (secondary N) is 1. The first-order valence-corrected chi connectivity index (χ1v) is 8.04. The summed E-state index contributed by atoms with van der Waals surface area (Å²) in [5.74, 6) is 0.716. The van der Waals surface area contributed by atoms with E-state index in [9.17, 15) is 4.79 Å². The third-order valence-electron chi connectivity index (χ3n) is 4.49. The van der Waals surface area contributed by atoms with Gasteiger partial charge in [-0.15, -0.1) is 0 Å². The normalized spacial score (nSPS) is 18.2. The molecule has 0 aliphatic carbocycles. The molecule has 1 aliphatic rings. The second-order valence-corrected chi connectivity index (χ2v) is 6.86. The van der Waals surface area contributed by atoms with Crippen LogP contribution in [0.3, 0.4) is 0 Å². The highest BCUT2D eigenvalue weighted by Gasteiger charge is 2.44. The topological polar surface area (TPSA) is 32.3 Å². The highest BCUT2D eigenvalue weighted by Crippen LogP contribution is 2.41. The molecule has 0 fully saturated rings. The largest absolute Gasteiger partial charge is 0.312 e. The number of para-hydroxylation sites is 1. The van der Waals surface area contributed by atoms with Crippen LogP contribution in [0.2, 0.25) is 0 Å². The summed E-state index contributed by atoms with van der Waals surface area (Å²) in [4.78, 5) is 14.8. The zero-order chi connectivity index (χ0) is 15.6. The predicted molar refractivity (Wildman–Crippen MR) is 88.7 cm³/mol. The minimum atomic E-state index is -0.414. The Morgan fingerprint density at radius 1 is 1.24 bits per heavy atom.